The summed E-state index contributed by atoms with van der Waals surface area (Å²) in [5.74, 6) is 0.0206. The van der Waals surface area contributed by atoms with Gasteiger partial charge >= 0.3 is 26.3 Å². The van der Waals surface area contributed by atoms with E-state index in [1.54, 1.807) is 36.4 Å². The summed E-state index contributed by atoms with van der Waals surface area (Å²) in [6.07, 6.45) is 3.59. The fourth-order valence-corrected chi connectivity index (χ4v) is 5.96. The fourth-order valence-electron chi connectivity index (χ4n) is 4.09. The van der Waals surface area contributed by atoms with Crippen molar-refractivity contribution in [1.82, 2.24) is 0 Å². The van der Waals surface area contributed by atoms with E-state index in [2.05, 4.69) is 10.6 Å². The third-order valence-corrected chi connectivity index (χ3v) is 8.66. The van der Waals surface area contributed by atoms with Gasteiger partial charge in [-0.15, -0.1) is 0 Å². The predicted molar refractivity (Wildman–Crippen MR) is 162 cm³/mol. The zero-order valence-electron chi connectivity index (χ0n) is 23.2. The molecule has 0 unspecified atom stereocenters. The summed E-state index contributed by atoms with van der Waals surface area (Å²) in [6, 6.07) is 24.3. The monoisotopic (exact) mass is 608 g/mol. The molecular weight excluding hydrogens is 576 g/mol. The number of benzene rings is 4. The van der Waals surface area contributed by atoms with E-state index in [4.69, 9.17) is 8.37 Å². The van der Waals surface area contributed by atoms with Crippen molar-refractivity contribution >= 4 is 37.6 Å². The van der Waals surface area contributed by atoms with E-state index in [9.17, 15) is 21.6 Å². The number of anilines is 2. The fraction of sp³-hybridized carbons (Fsp3) is 0.194. The molecule has 4 rings (SSSR count). The molecule has 4 aromatic carbocycles. The Balaban J connectivity index is 1.38. The van der Waals surface area contributed by atoms with E-state index in [0.717, 1.165) is 36.8 Å². The predicted octanol–water partition coefficient (Wildman–Crippen LogP) is 6.77. The highest BCUT2D eigenvalue weighted by molar-refractivity contribution is 7.87. The maximum Gasteiger partial charge on any atom is 0.339 e. The Labute approximate surface area is 246 Å². The van der Waals surface area contributed by atoms with Gasteiger partial charge in [0.2, 0.25) is 0 Å². The molecule has 4 aromatic rings. The molecule has 0 heterocycles. The number of carbonyl (C=O) groups is 1. The molecule has 0 radical (unpaired) electrons. The molecule has 0 aliphatic carbocycles. The van der Waals surface area contributed by atoms with Crippen LogP contribution in [0.5, 0.6) is 11.5 Å². The van der Waals surface area contributed by atoms with Crippen LogP contribution in [0.25, 0.3) is 0 Å². The van der Waals surface area contributed by atoms with Gasteiger partial charge in [-0.3, -0.25) is 0 Å². The minimum Gasteiger partial charge on any atom is -0.379 e. The number of carbonyl (C=O) groups excluding carboxylic acids is 1. The van der Waals surface area contributed by atoms with E-state index in [1.807, 2.05) is 13.8 Å². The highest BCUT2D eigenvalue weighted by atomic mass is 32.2. The summed E-state index contributed by atoms with van der Waals surface area (Å²) in [4.78, 5) is 12.7. The Morgan fingerprint density at radius 3 is 1.64 bits per heavy atom. The van der Waals surface area contributed by atoms with Gasteiger partial charge in [0.1, 0.15) is 15.5 Å². The lowest BCUT2D eigenvalue weighted by molar-refractivity contribution is 0.262. The molecule has 0 aliphatic heterocycles. The molecule has 0 spiro atoms. The molecule has 0 saturated heterocycles. The second-order valence-corrected chi connectivity index (χ2v) is 12.6. The highest BCUT2D eigenvalue weighted by Gasteiger charge is 2.20. The molecule has 0 atom stereocenters. The smallest absolute Gasteiger partial charge is 0.339 e. The number of amides is 2. The normalized spacial score (nSPS) is 11.5. The van der Waals surface area contributed by atoms with E-state index in [1.165, 1.54) is 60.7 Å². The van der Waals surface area contributed by atoms with Crippen molar-refractivity contribution in [3.05, 3.63) is 108 Å². The van der Waals surface area contributed by atoms with Gasteiger partial charge < -0.3 is 19.0 Å². The minimum absolute atomic E-state index is 0.000520. The van der Waals surface area contributed by atoms with Crippen LogP contribution in [-0.2, 0) is 33.1 Å². The third kappa shape index (κ3) is 8.11. The van der Waals surface area contributed by atoms with Crippen LogP contribution in [-0.4, -0.2) is 22.9 Å². The van der Waals surface area contributed by atoms with Gasteiger partial charge in [-0.25, -0.2) is 4.79 Å². The number of hydrogen-bond acceptors (Lipinski definition) is 7. The standard InChI is InChI=1S/C31H32N2O7S2/c1-3-7-23-11-19-27(20-12-23)41(35,36)39-26-17-15-25(16-18-26)32-31(34)33-29-9-5-6-10-30(29)40-42(37,38)28-21-13-24(8-4-2)14-22-28/h5-6,9-22H,3-4,7-8H2,1-2H3,(H2,32,33,34). The Morgan fingerprint density at radius 2 is 1.12 bits per heavy atom. The quantitative estimate of drug-likeness (QED) is 0.170. The van der Waals surface area contributed by atoms with Crippen molar-refractivity contribution < 1.29 is 30.0 Å². The first-order chi connectivity index (χ1) is 20.1. The Kier molecular flexibility index (Phi) is 9.87. The van der Waals surface area contributed by atoms with Crippen molar-refractivity contribution in [2.45, 2.75) is 49.3 Å². The van der Waals surface area contributed by atoms with Gasteiger partial charge in [0.25, 0.3) is 0 Å². The number of para-hydroxylation sites is 2. The van der Waals surface area contributed by atoms with E-state index >= 15 is 0 Å². The van der Waals surface area contributed by atoms with Crippen molar-refractivity contribution in [2.75, 3.05) is 10.6 Å². The second kappa shape index (κ2) is 13.5. The molecule has 0 fully saturated rings. The third-order valence-electron chi connectivity index (χ3n) is 6.15. The van der Waals surface area contributed by atoms with Crippen molar-refractivity contribution in [3.8, 4) is 11.5 Å². The highest BCUT2D eigenvalue weighted by Crippen LogP contribution is 2.28. The molecule has 0 aliphatic rings. The van der Waals surface area contributed by atoms with Gasteiger partial charge in [0.05, 0.1) is 5.69 Å². The number of urea groups is 1. The topological polar surface area (TPSA) is 128 Å². The molecule has 42 heavy (non-hydrogen) atoms. The van der Waals surface area contributed by atoms with E-state index in [-0.39, 0.29) is 27.0 Å². The van der Waals surface area contributed by atoms with Gasteiger partial charge in [-0.05, 0) is 84.6 Å². The number of aryl methyl sites for hydroxylation is 2. The maximum absolute atomic E-state index is 12.9. The number of rotatable bonds is 12. The molecule has 0 saturated carbocycles. The van der Waals surface area contributed by atoms with Crippen LogP contribution in [0.4, 0.5) is 16.2 Å². The lowest BCUT2D eigenvalue weighted by atomic mass is 10.1. The van der Waals surface area contributed by atoms with Crippen LogP contribution in [0.2, 0.25) is 0 Å². The minimum atomic E-state index is -4.14. The molecule has 2 N–H and O–H groups in total. The first-order valence-corrected chi connectivity index (χ1v) is 16.2. The van der Waals surface area contributed by atoms with Gasteiger partial charge in [-0.1, -0.05) is 63.1 Å². The van der Waals surface area contributed by atoms with E-state index in [0.29, 0.717) is 5.69 Å². The Hall–Kier alpha value is -4.35. The summed E-state index contributed by atoms with van der Waals surface area (Å²) in [6.45, 7) is 4.09. The zero-order valence-corrected chi connectivity index (χ0v) is 24.9. The lowest BCUT2D eigenvalue weighted by Gasteiger charge is -2.13. The van der Waals surface area contributed by atoms with Crippen LogP contribution in [0.15, 0.2) is 107 Å². The van der Waals surface area contributed by atoms with Gasteiger partial charge in [0.15, 0.2) is 5.75 Å². The summed E-state index contributed by atoms with van der Waals surface area (Å²) in [5, 5.41) is 5.19. The summed E-state index contributed by atoms with van der Waals surface area (Å²) in [5.41, 5.74) is 2.54. The van der Waals surface area contributed by atoms with Gasteiger partial charge in [0, 0.05) is 5.69 Å². The molecule has 11 heteroatoms. The second-order valence-electron chi connectivity index (χ2n) is 9.46. The SMILES string of the molecule is CCCc1ccc(S(=O)(=O)Oc2ccc(NC(=O)Nc3ccccc3OS(=O)(=O)c3ccc(CCC)cc3)cc2)cc1. The molecule has 0 aromatic heterocycles. The zero-order chi connectivity index (χ0) is 30.2. The number of nitrogens with one attached hydrogen (secondary N) is 2. The van der Waals surface area contributed by atoms with Gasteiger partial charge in [-0.2, -0.15) is 16.8 Å². The largest absolute Gasteiger partial charge is 0.379 e. The summed E-state index contributed by atoms with van der Waals surface area (Å²) >= 11 is 0. The van der Waals surface area contributed by atoms with Crippen LogP contribution < -0.4 is 19.0 Å². The lowest BCUT2D eigenvalue weighted by Crippen LogP contribution is -2.20. The first-order valence-electron chi connectivity index (χ1n) is 13.4. The van der Waals surface area contributed by atoms with Crippen LogP contribution in [0.1, 0.15) is 37.8 Å². The average molecular weight is 609 g/mol. The Morgan fingerprint density at radius 1 is 0.619 bits per heavy atom. The summed E-state index contributed by atoms with van der Waals surface area (Å²) < 4.78 is 61.6. The van der Waals surface area contributed by atoms with Crippen LogP contribution in [0.3, 0.4) is 0 Å². The molecule has 220 valence electrons. The molecule has 2 amide bonds. The first kappa shape index (κ1) is 30.6. The molecule has 9 nitrogen and oxygen atoms in total. The van der Waals surface area contributed by atoms with Crippen LogP contribution in [0, 0.1) is 0 Å². The van der Waals surface area contributed by atoms with E-state index < -0.39 is 26.3 Å². The Bertz CT molecular complexity index is 1720. The van der Waals surface area contributed by atoms with Crippen LogP contribution >= 0.6 is 0 Å². The summed E-state index contributed by atoms with van der Waals surface area (Å²) in [7, 11) is -8.17. The molecule has 0 bridgehead atoms. The maximum atomic E-state index is 12.9. The van der Waals surface area contributed by atoms with Crippen molar-refractivity contribution in [3.63, 3.8) is 0 Å². The number of hydrogen-bond donors (Lipinski definition) is 2. The van der Waals surface area contributed by atoms with Crippen molar-refractivity contribution in [2.24, 2.45) is 0 Å². The average Bonchev–Trinajstić information content (AvgIpc) is 2.96. The molecular formula is C31H32N2O7S2. The van der Waals surface area contributed by atoms with Crippen molar-refractivity contribution in [1.29, 1.82) is 0 Å².